The van der Waals surface area contributed by atoms with E-state index in [1.54, 1.807) is 18.3 Å². The van der Waals surface area contributed by atoms with Crippen LogP contribution < -0.4 is 10.1 Å². The van der Waals surface area contributed by atoms with Gasteiger partial charge in [0.15, 0.2) is 9.84 Å². The van der Waals surface area contributed by atoms with Gasteiger partial charge in [0.05, 0.1) is 11.5 Å². The molecule has 1 aromatic rings. The highest BCUT2D eigenvalue weighted by Crippen LogP contribution is 2.76. The summed E-state index contributed by atoms with van der Waals surface area (Å²) < 4.78 is 30.1. The van der Waals surface area contributed by atoms with Gasteiger partial charge in [0.1, 0.15) is 23.7 Å². The first kappa shape index (κ1) is 42.7. The molecule has 9 nitrogen and oxygen atoms in total. The Kier molecular flexibility index (Phi) is 10.9. The summed E-state index contributed by atoms with van der Waals surface area (Å²) in [6.45, 7) is 23.0. The maximum absolute atomic E-state index is 12.8. The molecule has 1 aliphatic heterocycles. The van der Waals surface area contributed by atoms with Gasteiger partial charge >= 0.3 is 5.97 Å². The monoisotopic (exact) mass is 827 g/mol. The molecule has 1 aromatic heterocycles. The van der Waals surface area contributed by atoms with Gasteiger partial charge in [-0.2, -0.15) is 5.26 Å². The highest BCUT2D eigenvalue weighted by Gasteiger charge is 2.70. The zero-order chi connectivity index (χ0) is 42.2. The summed E-state index contributed by atoms with van der Waals surface area (Å²) in [6, 6.07) is 5.43. The van der Waals surface area contributed by atoms with Crippen LogP contribution in [0.15, 0.2) is 53.8 Å². The van der Waals surface area contributed by atoms with E-state index in [-0.39, 0.29) is 51.2 Å². The van der Waals surface area contributed by atoms with Crippen LogP contribution in [-0.2, 0) is 14.6 Å². The first-order valence-corrected chi connectivity index (χ1v) is 24.6. The van der Waals surface area contributed by atoms with Gasteiger partial charge in [-0.25, -0.2) is 13.4 Å². The second-order valence-electron chi connectivity index (χ2n) is 21.6. The third kappa shape index (κ3) is 6.87. The van der Waals surface area contributed by atoms with E-state index >= 15 is 0 Å². The fourth-order valence-electron chi connectivity index (χ4n) is 15.4. The van der Waals surface area contributed by atoms with Crippen molar-refractivity contribution in [2.45, 2.75) is 124 Å². The third-order valence-electron chi connectivity index (χ3n) is 18.8. The number of nitriles is 1. The highest BCUT2D eigenvalue weighted by atomic mass is 32.2. The van der Waals surface area contributed by atoms with Crippen molar-refractivity contribution in [3.63, 3.8) is 0 Å². The minimum Gasteiger partial charge on any atom is -0.481 e. The summed E-state index contributed by atoms with van der Waals surface area (Å²) in [6.07, 6.45) is 18.9. The van der Waals surface area contributed by atoms with E-state index in [2.05, 4.69) is 81.5 Å². The number of pyridine rings is 1. The number of carboxylic acid groups (broad SMARTS) is 1. The molecule has 10 heteroatoms. The number of ether oxygens (including phenoxy) is 1. The second-order valence-corrected chi connectivity index (χ2v) is 23.9. The SMILES string of the molecule is C=C(C)C1CCC2(NCCN3CCS(=O)(=O)CC3)CCC3(C)C(CCC4C5(C)CC=C(C6=CCC(COc7ncccc7C#N)(C(=O)O)CC6)C(C)(C)C5CCC43C)C12. The Bertz CT molecular complexity index is 2060. The van der Waals surface area contributed by atoms with E-state index in [4.69, 9.17) is 4.74 Å². The van der Waals surface area contributed by atoms with Gasteiger partial charge in [-0.05, 0) is 159 Å². The zero-order valence-corrected chi connectivity index (χ0v) is 37.6. The average Bonchev–Trinajstić information content (AvgIpc) is 3.58. The Morgan fingerprint density at radius 3 is 2.44 bits per heavy atom. The number of allylic oxidation sites excluding steroid dienone is 5. The van der Waals surface area contributed by atoms with Crippen molar-refractivity contribution >= 4 is 15.8 Å². The number of aliphatic carboxylic acids is 1. The molecule has 0 spiro atoms. The van der Waals surface area contributed by atoms with Crippen molar-refractivity contribution in [3.05, 3.63) is 59.3 Å². The smallest absolute Gasteiger partial charge is 0.313 e. The molecule has 2 heterocycles. The second kappa shape index (κ2) is 15.1. The molecule has 1 saturated heterocycles. The molecular formula is C49H70N4O5S. The maximum atomic E-state index is 12.8. The molecule has 0 radical (unpaired) electrons. The van der Waals surface area contributed by atoms with Crippen molar-refractivity contribution < 1.29 is 23.1 Å². The average molecular weight is 827 g/mol. The quantitative estimate of drug-likeness (QED) is 0.222. The summed E-state index contributed by atoms with van der Waals surface area (Å²) in [5, 5.41) is 24.2. The number of hydrogen-bond donors (Lipinski definition) is 2. The molecule has 8 rings (SSSR count). The summed E-state index contributed by atoms with van der Waals surface area (Å²) in [4.78, 5) is 19.4. The predicted octanol–water partition coefficient (Wildman–Crippen LogP) is 8.78. The van der Waals surface area contributed by atoms with Crippen LogP contribution in [0.2, 0.25) is 0 Å². The molecular weight excluding hydrogens is 757 g/mol. The molecule has 0 aromatic carbocycles. The molecule has 5 fully saturated rings. The lowest BCUT2D eigenvalue weighted by Crippen LogP contribution is -2.68. The first-order valence-electron chi connectivity index (χ1n) is 22.8. The molecule has 0 amide bonds. The fraction of sp³-hybridized carbons (Fsp3) is 0.735. The van der Waals surface area contributed by atoms with Crippen LogP contribution in [0.3, 0.4) is 0 Å². The van der Waals surface area contributed by atoms with Crippen LogP contribution >= 0.6 is 0 Å². The van der Waals surface area contributed by atoms with Crippen molar-refractivity contribution in [2.24, 2.45) is 56.7 Å². The number of nitrogens with one attached hydrogen (secondary N) is 1. The molecule has 0 bridgehead atoms. The molecule has 6 aliphatic carbocycles. The van der Waals surface area contributed by atoms with E-state index in [1.165, 1.54) is 68.1 Å². The van der Waals surface area contributed by atoms with E-state index in [0.29, 0.717) is 67.5 Å². The van der Waals surface area contributed by atoms with Crippen molar-refractivity contribution in [1.29, 1.82) is 5.26 Å². The molecule has 10 atom stereocenters. The molecule has 2 N–H and O–H groups in total. The van der Waals surface area contributed by atoms with Gasteiger partial charge in [-0.3, -0.25) is 4.79 Å². The van der Waals surface area contributed by atoms with Gasteiger partial charge in [0.25, 0.3) is 0 Å². The van der Waals surface area contributed by atoms with Gasteiger partial charge < -0.3 is 20.1 Å². The Hall–Kier alpha value is -3.00. The number of sulfone groups is 1. The summed E-state index contributed by atoms with van der Waals surface area (Å²) in [7, 11) is -2.88. The number of aromatic nitrogens is 1. The lowest BCUT2D eigenvalue weighted by molar-refractivity contribution is -0.221. The normalized spacial score (nSPS) is 41.1. The van der Waals surface area contributed by atoms with Crippen LogP contribution in [0.1, 0.15) is 124 Å². The minimum absolute atomic E-state index is 0.0149. The maximum Gasteiger partial charge on any atom is 0.313 e. The number of hydrogen-bond acceptors (Lipinski definition) is 8. The Morgan fingerprint density at radius 1 is 1.00 bits per heavy atom. The Balaban J connectivity index is 1.01. The van der Waals surface area contributed by atoms with Crippen LogP contribution in [0.25, 0.3) is 0 Å². The highest BCUT2D eigenvalue weighted by molar-refractivity contribution is 7.91. The Morgan fingerprint density at radius 2 is 1.76 bits per heavy atom. The number of fused-ring (bicyclic) bond motifs is 7. The van der Waals surface area contributed by atoms with E-state index in [9.17, 15) is 23.6 Å². The van der Waals surface area contributed by atoms with Crippen LogP contribution in [0, 0.1) is 68.0 Å². The summed E-state index contributed by atoms with van der Waals surface area (Å²) in [5.74, 6) is 2.85. The lowest BCUT2D eigenvalue weighted by atomic mass is 9.33. The molecule has 59 heavy (non-hydrogen) atoms. The standard InChI is InChI=1S/C49H70N4O5S/c1-33(2)36-14-21-49(52-25-26-53-27-29-59(56,57)30-28-53)23-22-46(6)38(41(36)49)10-11-40-45(5)17-15-37(44(3,4)39(45)16-18-47(40,46)7)34-12-19-48(20-13-34,43(54)55)32-58-42-35(31-50)9-8-24-51-42/h8-9,12,15,24,36,38-41,52H,1,10-11,13-14,16-23,25-30,32H2,2-7H3,(H,54,55). The molecule has 7 aliphatic rings. The van der Waals surface area contributed by atoms with Crippen LogP contribution in [0.4, 0.5) is 0 Å². The van der Waals surface area contributed by atoms with E-state index < -0.39 is 21.2 Å². The number of rotatable bonds is 10. The van der Waals surface area contributed by atoms with Crippen LogP contribution in [0.5, 0.6) is 5.88 Å². The van der Waals surface area contributed by atoms with Crippen LogP contribution in [-0.4, -0.2) is 79.2 Å². The van der Waals surface area contributed by atoms with Gasteiger partial charge in [-0.1, -0.05) is 58.9 Å². The third-order valence-corrected chi connectivity index (χ3v) is 20.4. The van der Waals surface area contributed by atoms with E-state index in [1.807, 2.05) is 0 Å². The van der Waals surface area contributed by atoms with Gasteiger partial charge in [0, 0.05) is 37.9 Å². The van der Waals surface area contributed by atoms with Gasteiger partial charge in [0.2, 0.25) is 5.88 Å². The minimum atomic E-state index is -2.88. The Labute approximate surface area is 354 Å². The largest absolute Gasteiger partial charge is 0.481 e. The number of carboxylic acids is 1. The lowest BCUT2D eigenvalue weighted by Gasteiger charge is -2.72. The molecule has 4 saturated carbocycles. The predicted molar refractivity (Wildman–Crippen MR) is 232 cm³/mol. The topological polar surface area (TPSA) is 133 Å². The number of carbonyl (C=O) groups is 1. The van der Waals surface area contributed by atoms with E-state index in [0.717, 1.165) is 19.5 Å². The first-order chi connectivity index (χ1) is 27.8. The molecule has 322 valence electrons. The molecule has 10 unspecified atom stereocenters. The zero-order valence-electron chi connectivity index (χ0n) is 36.7. The van der Waals surface area contributed by atoms with Crippen molar-refractivity contribution in [1.82, 2.24) is 15.2 Å². The van der Waals surface area contributed by atoms with Crippen molar-refractivity contribution in [3.8, 4) is 11.9 Å². The summed E-state index contributed by atoms with van der Waals surface area (Å²) in [5.41, 5.74) is 4.09. The van der Waals surface area contributed by atoms with Crippen molar-refractivity contribution in [2.75, 3.05) is 44.3 Å². The summed E-state index contributed by atoms with van der Waals surface area (Å²) >= 11 is 0. The number of nitrogens with zero attached hydrogens (tertiary/aromatic N) is 3. The fourth-order valence-corrected chi connectivity index (χ4v) is 16.6. The van der Waals surface area contributed by atoms with Gasteiger partial charge in [-0.15, -0.1) is 0 Å².